The lowest BCUT2D eigenvalue weighted by atomic mass is 10.0. The number of rotatable bonds is 5. The van der Waals surface area contributed by atoms with Crippen molar-refractivity contribution in [1.82, 2.24) is 9.97 Å². The first-order chi connectivity index (χ1) is 12.9. The van der Waals surface area contributed by atoms with Crippen molar-refractivity contribution in [3.63, 3.8) is 0 Å². The third kappa shape index (κ3) is 4.06. The van der Waals surface area contributed by atoms with Crippen molar-refractivity contribution in [1.29, 1.82) is 0 Å². The maximum Gasteiger partial charge on any atom is 0.339 e. The summed E-state index contributed by atoms with van der Waals surface area (Å²) in [6.45, 7) is 3.99. The van der Waals surface area contributed by atoms with Crippen LogP contribution in [0.1, 0.15) is 35.7 Å². The Morgan fingerprint density at radius 1 is 1.19 bits per heavy atom. The number of carbonyl (C=O) groups is 1. The highest BCUT2D eigenvalue weighted by Crippen LogP contribution is 2.33. The molecule has 27 heavy (non-hydrogen) atoms. The van der Waals surface area contributed by atoms with Gasteiger partial charge in [0.2, 0.25) is 0 Å². The Morgan fingerprint density at radius 2 is 1.96 bits per heavy atom. The number of nitrogens with one attached hydrogen (secondary N) is 1. The fourth-order valence-corrected chi connectivity index (χ4v) is 2.87. The van der Waals surface area contributed by atoms with Crippen molar-refractivity contribution >= 4 is 28.9 Å². The van der Waals surface area contributed by atoms with Gasteiger partial charge in [-0.05, 0) is 41.8 Å². The number of hydrogen-bond donors (Lipinski definition) is 2. The van der Waals surface area contributed by atoms with Crippen LogP contribution in [-0.4, -0.2) is 21.0 Å². The third-order valence-corrected chi connectivity index (χ3v) is 4.32. The predicted molar refractivity (Wildman–Crippen MR) is 103 cm³/mol. The van der Waals surface area contributed by atoms with Crippen LogP contribution in [0.15, 0.2) is 48.9 Å². The van der Waals surface area contributed by atoms with Crippen LogP contribution < -0.4 is 5.32 Å². The molecular formula is C20H17ClFN3O2. The lowest BCUT2D eigenvalue weighted by Crippen LogP contribution is -2.06. The summed E-state index contributed by atoms with van der Waals surface area (Å²) in [5, 5.41) is 12.9. The zero-order valence-corrected chi connectivity index (χ0v) is 15.5. The Balaban J connectivity index is 2.11. The fourth-order valence-electron chi connectivity index (χ4n) is 2.69. The molecule has 0 bridgehead atoms. The van der Waals surface area contributed by atoms with Gasteiger partial charge in [-0.15, -0.1) is 0 Å². The number of nitrogens with zero attached hydrogens (tertiary/aromatic N) is 2. The van der Waals surface area contributed by atoms with Crippen LogP contribution in [0, 0.1) is 5.82 Å². The molecule has 0 amide bonds. The maximum absolute atomic E-state index is 14.2. The zero-order chi connectivity index (χ0) is 19.6. The van der Waals surface area contributed by atoms with E-state index >= 15 is 0 Å². The van der Waals surface area contributed by atoms with E-state index < -0.39 is 11.8 Å². The average molecular weight is 386 g/mol. The first-order valence-corrected chi connectivity index (χ1v) is 8.64. The number of pyridine rings is 2. The van der Waals surface area contributed by atoms with Crippen LogP contribution in [-0.2, 0) is 0 Å². The Hall–Kier alpha value is -2.99. The molecule has 0 spiro atoms. The summed E-state index contributed by atoms with van der Waals surface area (Å²) < 4.78 is 14.2. The standard InChI is InChI=1S/C20H17ClFN3O2/c1-11(2)14-10-24-18(13-7-12(21)3-4-16(13)22)8-19(14)25-17-5-6-23-9-15(17)20(26)27/h3-11H,1-2H3,(H,26,27)(H,23,24,25). The average Bonchev–Trinajstić information content (AvgIpc) is 2.63. The van der Waals surface area contributed by atoms with Gasteiger partial charge < -0.3 is 10.4 Å². The molecule has 2 heterocycles. The predicted octanol–water partition coefficient (Wildman–Crippen LogP) is 5.50. The van der Waals surface area contributed by atoms with Crippen LogP contribution in [0.25, 0.3) is 11.3 Å². The second kappa shape index (κ2) is 7.72. The molecule has 2 aromatic heterocycles. The number of aromatic carboxylic acids is 1. The van der Waals surface area contributed by atoms with E-state index in [-0.39, 0.29) is 17.0 Å². The van der Waals surface area contributed by atoms with Gasteiger partial charge in [0.25, 0.3) is 0 Å². The van der Waals surface area contributed by atoms with E-state index in [1.54, 1.807) is 18.3 Å². The van der Waals surface area contributed by atoms with Crippen molar-refractivity contribution in [2.24, 2.45) is 0 Å². The lowest BCUT2D eigenvalue weighted by Gasteiger charge is -2.17. The summed E-state index contributed by atoms with van der Waals surface area (Å²) in [6.07, 6.45) is 4.44. The Labute approximate surface area is 160 Å². The maximum atomic E-state index is 14.2. The van der Waals surface area contributed by atoms with E-state index in [2.05, 4.69) is 15.3 Å². The molecule has 0 aliphatic rings. The highest BCUT2D eigenvalue weighted by Gasteiger charge is 2.16. The molecule has 138 valence electrons. The number of benzene rings is 1. The van der Waals surface area contributed by atoms with Crippen LogP contribution in [0.2, 0.25) is 5.02 Å². The molecule has 0 aliphatic carbocycles. The summed E-state index contributed by atoms with van der Waals surface area (Å²) in [5.41, 5.74) is 2.61. The van der Waals surface area contributed by atoms with Crippen molar-refractivity contribution in [3.8, 4) is 11.3 Å². The quantitative estimate of drug-likeness (QED) is 0.606. The van der Waals surface area contributed by atoms with E-state index in [1.165, 1.54) is 30.6 Å². The minimum Gasteiger partial charge on any atom is -0.478 e. The second-order valence-corrected chi connectivity index (χ2v) is 6.72. The van der Waals surface area contributed by atoms with Gasteiger partial charge in [-0.2, -0.15) is 0 Å². The van der Waals surface area contributed by atoms with E-state index in [4.69, 9.17) is 11.6 Å². The van der Waals surface area contributed by atoms with Crippen LogP contribution in [0.3, 0.4) is 0 Å². The smallest absolute Gasteiger partial charge is 0.339 e. The highest BCUT2D eigenvalue weighted by molar-refractivity contribution is 6.30. The van der Waals surface area contributed by atoms with Gasteiger partial charge in [0.1, 0.15) is 11.4 Å². The molecule has 0 fully saturated rings. The molecule has 3 rings (SSSR count). The van der Waals surface area contributed by atoms with Crippen molar-refractivity contribution in [2.75, 3.05) is 5.32 Å². The number of carboxylic acids is 1. The molecule has 0 saturated carbocycles. The summed E-state index contributed by atoms with van der Waals surface area (Å²) in [7, 11) is 0. The number of aromatic nitrogens is 2. The molecule has 0 unspecified atom stereocenters. The van der Waals surface area contributed by atoms with E-state index in [1.807, 2.05) is 13.8 Å². The number of carboxylic acid groups (broad SMARTS) is 1. The summed E-state index contributed by atoms with van der Waals surface area (Å²) in [4.78, 5) is 19.7. The summed E-state index contributed by atoms with van der Waals surface area (Å²) in [6, 6.07) is 7.53. The van der Waals surface area contributed by atoms with E-state index in [9.17, 15) is 14.3 Å². The summed E-state index contributed by atoms with van der Waals surface area (Å²) in [5.74, 6) is -1.41. The van der Waals surface area contributed by atoms with Gasteiger partial charge >= 0.3 is 5.97 Å². The topological polar surface area (TPSA) is 75.1 Å². The minimum atomic E-state index is -1.09. The first kappa shape index (κ1) is 18.8. The number of halogens is 2. The number of hydrogen-bond acceptors (Lipinski definition) is 4. The van der Waals surface area contributed by atoms with Gasteiger partial charge in [0.15, 0.2) is 0 Å². The van der Waals surface area contributed by atoms with Crippen molar-refractivity contribution in [2.45, 2.75) is 19.8 Å². The van der Waals surface area contributed by atoms with Crippen molar-refractivity contribution < 1.29 is 14.3 Å². The third-order valence-electron chi connectivity index (χ3n) is 4.08. The molecule has 1 aromatic carbocycles. The van der Waals surface area contributed by atoms with Gasteiger partial charge in [0.05, 0.1) is 11.4 Å². The van der Waals surface area contributed by atoms with Gasteiger partial charge in [-0.25, -0.2) is 9.18 Å². The first-order valence-electron chi connectivity index (χ1n) is 8.26. The normalized spacial score (nSPS) is 10.9. The van der Waals surface area contributed by atoms with Crippen molar-refractivity contribution in [3.05, 3.63) is 70.9 Å². The second-order valence-electron chi connectivity index (χ2n) is 6.29. The Bertz CT molecular complexity index is 1010. The zero-order valence-electron chi connectivity index (χ0n) is 14.7. The van der Waals surface area contributed by atoms with E-state index in [0.717, 1.165) is 5.56 Å². The Morgan fingerprint density at radius 3 is 2.67 bits per heavy atom. The van der Waals surface area contributed by atoms with E-state index in [0.29, 0.717) is 22.1 Å². The fraction of sp³-hybridized carbons (Fsp3) is 0.150. The number of anilines is 2. The SMILES string of the molecule is CC(C)c1cnc(-c2cc(Cl)ccc2F)cc1Nc1ccncc1C(=O)O. The monoisotopic (exact) mass is 385 g/mol. The Kier molecular flexibility index (Phi) is 5.37. The van der Waals surface area contributed by atoms with Gasteiger partial charge in [-0.3, -0.25) is 9.97 Å². The molecule has 7 heteroatoms. The molecule has 0 saturated heterocycles. The lowest BCUT2D eigenvalue weighted by molar-refractivity contribution is 0.0697. The molecule has 0 atom stereocenters. The van der Waals surface area contributed by atoms with Gasteiger partial charge in [-0.1, -0.05) is 25.4 Å². The molecule has 3 aromatic rings. The molecule has 2 N–H and O–H groups in total. The van der Waals surface area contributed by atoms with Gasteiger partial charge in [0, 0.05) is 34.9 Å². The van der Waals surface area contributed by atoms with Crippen LogP contribution >= 0.6 is 11.6 Å². The minimum absolute atomic E-state index is 0.0412. The molecule has 5 nitrogen and oxygen atoms in total. The molecular weight excluding hydrogens is 369 g/mol. The molecule has 0 radical (unpaired) electrons. The van der Waals surface area contributed by atoms with Crippen LogP contribution in [0.5, 0.6) is 0 Å². The summed E-state index contributed by atoms with van der Waals surface area (Å²) >= 11 is 5.99. The molecule has 0 aliphatic heterocycles. The largest absolute Gasteiger partial charge is 0.478 e. The van der Waals surface area contributed by atoms with Crippen LogP contribution in [0.4, 0.5) is 15.8 Å². The highest BCUT2D eigenvalue weighted by atomic mass is 35.5.